The standard InChI is InChI=1S/C26H21N3O5/c1-15-8-13-19(22(14-15)16-9-11-18(12-10-16)29(33)34)24(30)27-28-25(31)20-6-2-4-17-5-3-7-21(23(17)20)26(28)32/h2-12,19,22H,13-14H2,1H3,(H,27,30)/t19-,22-/m1/s1. The molecular formula is C26H21N3O5. The van der Waals surface area contributed by atoms with Crippen molar-refractivity contribution in [2.75, 3.05) is 0 Å². The number of non-ortho nitro benzene ring substituents is 1. The van der Waals surface area contributed by atoms with Gasteiger partial charge in [-0.1, -0.05) is 48.0 Å². The molecule has 1 aliphatic heterocycles. The summed E-state index contributed by atoms with van der Waals surface area (Å²) in [6.07, 6.45) is 3.00. The fourth-order valence-electron chi connectivity index (χ4n) is 4.87. The molecule has 0 aromatic heterocycles. The Labute approximate surface area is 195 Å². The molecule has 34 heavy (non-hydrogen) atoms. The van der Waals surface area contributed by atoms with Crippen LogP contribution in [-0.4, -0.2) is 27.7 Å². The summed E-state index contributed by atoms with van der Waals surface area (Å²) in [7, 11) is 0. The topological polar surface area (TPSA) is 110 Å². The van der Waals surface area contributed by atoms with Gasteiger partial charge in [0.2, 0.25) is 5.91 Å². The largest absolute Gasteiger partial charge is 0.280 e. The molecule has 0 fully saturated rings. The van der Waals surface area contributed by atoms with Crippen molar-refractivity contribution in [1.29, 1.82) is 0 Å². The summed E-state index contributed by atoms with van der Waals surface area (Å²) in [6.45, 7) is 1.97. The van der Waals surface area contributed by atoms with Crippen molar-refractivity contribution in [3.8, 4) is 0 Å². The number of amides is 3. The van der Waals surface area contributed by atoms with Gasteiger partial charge < -0.3 is 0 Å². The molecule has 3 aromatic rings. The van der Waals surface area contributed by atoms with E-state index in [1.807, 2.05) is 25.1 Å². The molecule has 0 saturated carbocycles. The van der Waals surface area contributed by atoms with Crippen molar-refractivity contribution >= 4 is 34.2 Å². The van der Waals surface area contributed by atoms with Crippen LogP contribution in [0.5, 0.6) is 0 Å². The Morgan fingerprint density at radius 1 is 1.00 bits per heavy atom. The quantitative estimate of drug-likeness (QED) is 0.269. The first kappa shape index (κ1) is 21.5. The first-order valence-electron chi connectivity index (χ1n) is 11.0. The molecule has 0 saturated heterocycles. The number of hydrogen-bond acceptors (Lipinski definition) is 5. The third-order valence-electron chi connectivity index (χ3n) is 6.61. The molecule has 170 valence electrons. The minimum Gasteiger partial charge on any atom is -0.273 e. The van der Waals surface area contributed by atoms with E-state index in [1.54, 1.807) is 36.4 Å². The molecule has 8 nitrogen and oxygen atoms in total. The predicted molar refractivity (Wildman–Crippen MR) is 125 cm³/mol. The molecular weight excluding hydrogens is 434 g/mol. The van der Waals surface area contributed by atoms with Crippen LogP contribution in [0.2, 0.25) is 0 Å². The maximum absolute atomic E-state index is 13.4. The van der Waals surface area contributed by atoms with E-state index in [4.69, 9.17) is 0 Å². The van der Waals surface area contributed by atoms with Gasteiger partial charge in [0.25, 0.3) is 17.5 Å². The number of carbonyl (C=O) groups is 3. The van der Waals surface area contributed by atoms with Gasteiger partial charge in [0.15, 0.2) is 0 Å². The van der Waals surface area contributed by atoms with Crippen molar-refractivity contribution in [2.24, 2.45) is 5.92 Å². The van der Waals surface area contributed by atoms with Gasteiger partial charge in [0, 0.05) is 17.5 Å². The number of nitro groups is 1. The minimum absolute atomic E-state index is 0.0230. The van der Waals surface area contributed by atoms with E-state index < -0.39 is 28.6 Å². The van der Waals surface area contributed by atoms with E-state index in [9.17, 15) is 24.5 Å². The van der Waals surface area contributed by atoms with Crippen LogP contribution in [0, 0.1) is 16.0 Å². The highest BCUT2D eigenvalue weighted by atomic mass is 16.6. The van der Waals surface area contributed by atoms with Crippen molar-refractivity contribution in [2.45, 2.75) is 25.7 Å². The fraction of sp³-hybridized carbons (Fsp3) is 0.192. The van der Waals surface area contributed by atoms with Crippen LogP contribution in [0.1, 0.15) is 52.0 Å². The van der Waals surface area contributed by atoms with Crippen LogP contribution in [-0.2, 0) is 4.79 Å². The van der Waals surface area contributed by atoms with E-state index in [-0.39, 0.29) is 11.6 Å². The lowest BCUT2D eigenvalue weighted by atomic mass is 9.75. The molecule has 3 aromatic carbocycles. The molecule has 0 bridgehead atoms. The molecule has 1 heterocycles. The molecule has 2 aliphatic rings. The molecule has 5 rings (SSSR count). The number of hydrazine groups is 1. The number of carbonyl (C=O) groups excluding carboxylic acids is 3. The van der Waals surface area contributed by atoms with Gasteiger partial charge in [-0.05, 0) is 48.8 Å². The van der Waals surface area contributed by atoms with Crippen molar-refractivity contribution in [3.63, 3.8) is 0 Å². The monoisotopic (exact) mass is 455 g/mol. The van der Waals surface area contributed by atoms with Crippen LogP contribution in [0.25, 0.3) is 10.8 Å². The lowest BCUT2D eigenvalue weighted by Crippen LogP contribution is -2.53. The highest BCUT2D eigenvalue weighted by molar-refractivity contribution is 6.25. The highest BCUT2D eigenvalue weighted by Gasteiger charge is 2.38. The lowest BCUT2D eigenvalue weighted by molar-refractivity contribution is -0.384. The Morgan fingerprint density at radius 3 is 2.21 bits per heavy atom. The smallest absolute Gasteiger partial charge is 0.273 e. The second-order valence-electron chi connectivity index (χ2n) is 8.68. The van der Waals surface area contributed by atoms with Gasteiger partial charge >= 0.3 is 0 Å². The van der Waals surface area contributed by atoms with Crippen molar-refractivity contribution < 1.29 is 19.3 Å². The molecule has 2 atom stereocenters. The van der Waals surface area contributed by atoms with E-state index in [2.05, 4.69) is 5.43 Å². The molecule has 1 N–H and O–H groups in total. The Bertz CT molecular complexity index is 1340. The first-order chi connectivity index (χ1) is 16.3. The maximum atomic E-state index is 13.4. The zero-order valence-electron chi connectivity index (χ0n) is 18.4. The molecule has 1 aliphatic carbocycles. The molecule has 8 heteroatoms. The Kier molecular flexibility index (Phi) is 5.20. The average molecular weight is 455 g/mol. The molecule has 0 radical (unpaired) electrons. The number of benzene rings is 3. The second kappa shape index (κ2) is 8.22. The van der Waals surface area contributed by atoms with Crippen LogP contribution < -0.4 is 5.43 Å². The van der Waals surface area contributed by atoms with Crippen molar-refractivity contribution in [1.82, 2.24) is 10.4 Å². The zero-order valence-corrected chi connectivity index (χ0v) is 18.4. The third-order valence-corrected chi connectivity index (χ3v) is 6.61. The Hall–Kier alpha value is -4.33. The number of nitro benzene ring substituents is 1. The van der Waals surface area contributed by atoms with Gasteiger partial charge in [-0.15, -0.1) is 0 Å². The number of hydrogen-bond donors (Lipinski definition) is 1. The van der Waals surface area contributed by atoms with Crippen LogP contribution in [0.3, 0.4) is 0 Å². The first-order valence-corrected chi connectivity index (χ1v) is 11.0. The summed E-state index contributed by atoms with van der Waals surface area (Å²) in [5, 5.41) is 13.2. The summed E-state index contributed by atoms with van der Waals surface area (Å²) in [5.41, 5.74) is 5.18. The number of nitrogens with zero attached hydrogens (tertiary/aromatic N) is 2. The Balaban J connectivity index is 1.44. The summed E-state index contributed by atoms with van der Waals surface area (Å²) in [5.74, 6) is -2.37. The van der Waals surface area contributed by atoms with E-state index in [0.29, 0.717) is 29.4 Å². The molecule has 0 spiro atoms. The number of imide groups is 1. The van der Waals surface area contributed by atoms with Crippen molar-refractivity contribution in [3.05, 3.63) is 99.1 Å². The SMILES string of the molecule is CC1=CC[C@@H](C(=O)NN2C(=O)c3cccc4cccc(c34)C2=O)[C@@H](c2ccc([N+](=O)[O-])cc2)C1. The zero-order chi connectivity index (χ0) is 24.0. The summed E-state index contributed by atoms with van der Waals surface area (Å²) < 4.78 is 0. The maximum Gasteiger partial charge on any atom is 0.280 e. The number of allylic oxidation sites excluding steroid dienone is 2. The van der Waals surface area contributed by atoms with Gasteiger partial charge in [-0.25, -0.2) is 0 Å². The molecule has 3 amide bonds. The summed E-state index contributed by atoms with van der Waals surface area (Å²) in [4.78, 5) is 50.2. The minimum atomic E-state index is -0.572. The summed E-state index contributed by atoms with van der Waals surface area (Å²) >= 11 is 0. The second-order valence-corrected chi connectivity index (χ2v) is 8.68. The normalized spacial score (nSPS) is 19.7. The van der Waals surface area contributed by atoms with Gasteiger partial charge in [0.05, 0.1) is 22.0 Å². The third kappa shape index (κ3) is 3.53. The van der Waals surface area contributed by atoms with Gasteiger partial charge in [-0.3, -0.25) is 29.9 Å². The number of rotatable bonds is 4. The predicted octanol–water partition coefficient (Wildman–Crippen LogP) is 4.52. The summed E-state index contributed by atoms with van der Waals surface area (Å²) in [6, 6.07) is 16.6. The number of nitrogens with one attached hydrogen (secondary N) is 1. The lowest BCUT2D eigenvalue weighted by Gasteiger charge is -2.33. The van der Waals surface area contributed by atoms with Crippen LogP contribution in [0.15, 0.2) is 72.3 Å². The van der Waals surface area contributed by atoms with Crippen LogP contribution in [0.4, 0.5) is 5.69 Å². The fourth-order valence-corrected chi connectivity index (χ4v) is 4.87. The average Bonchev–Trinajstić information content (AvgIpc) is 2.85. The van der Waals surface area contributed by atoms with E-state index >= 15 is 0 Å². The Morgan fingerprint density at radius 2 is 1.62 bits per heavy atom. The van der Waals surface area contributed by atoms with Gasteiger partial charge in [-0.2, -0.15) is 5.01 Å². The molecule has 0 unspecified atom stereocenters. The van der Waals surface area contributed by atoms with Gasteiger partial charge in [0.1, 0.15) is 0 Å². The van der Waals surface area contributed by atoms with E-state index in [0.717, 1.165) is 21.5 Å². The highest BCUT2D eigenvalue weighted by Crippen LogP contribution is 2.38. The van der Waals surface area contributed by atoms with Crippen LogP contribution >= 0.6 is 0 Å². The van der Waals surface area contributed by atoms with E-state index in [1.165, 1.54) is 12.1 Å².